The molecule has 0 aliphatic heterocycles. The van der Waals surface area contributed by atoms with E-state index < -0.39 is 0 Å². The molecule has 0 radical (unpaired) electrons. The summed E-state index contributed by atoms with van der Waals surface area (Å²) in [4.78, 5) is 0. The molecule has 2 rings (SSSR count). The van der Waals surface area contributed by atoms with E-state index in [4.69, 9.17) is 9.52 Å². The van der Waals surface area contributed by atoms with Gasteiger partial charge in [-0.15, -0.1) is 0 Å². The molecule has 3 nitrogen and oxygen atoms in total. The first-order valence-electron chi connectivity index (χ1n) is 5.37. The summed E-state index contributed by atoms with van der Waals surface area (Å²) in [6.07, 6.45) is 0. The van der Waals surface area contributed by atoms with E-state index in [0.29, 0.717) is 12.3 Å². The van der Waals surface area contributed by atoms with Crippen LogP contribution in [0.1, 0.15) is 17.1 Å². The second kappa shape index (κ2) is 5.55. The van der Waals surface area contributed by atoms with Gasteiger partial charge < -0.3 is 14.8 Å². The topological polar surface area (TPSA) is 45.4 Å². The SMILES string of the molecule is Cc1ccc(NCc2ccc(CO)o2)cc1I. The monoisotopic (exact) mass is 343 g/mol. The van der Waals surface area contributed by atoms with E-state index in [0.717, 1.165) is 11.4 Å². The van der Waals surface area contributed by atoms with Crippen LogP contribution in [0.4, 0.5) is 5.69 Å². The largest absolute Gasteiger partial charge is 0.462 e. The maximum Gasteiger partial charge on any atom is 0.129 e. The molecule has 0 aliphatic carbocycles. The summed E-state index contributed by atoms with van der Waals surface area (Å²) >= 11 is 2.32. The third-order valence-corrected chi connectivity index (χ3v) is 3.67. The fourth-order valence-electron chi connectivity index (χ4n) is 1.49. The van der Waals surface area contributed by atoms with Crippen molar-refractivity contribution in [3.05, 3.63) is 51.0 Å². The molecule has 4 heteroatoms. The molecule has 0 saturated heterocycles. The Morgan fingerprint density at radius 3 is 2.65 bits per heavy atom. The van der Waals surface area contributed by atoms with Crippen LogP contribution in [-0.4, -0.2) is 5.11 Å². The van der Waals surface area contributed by atoms with E-state index in [1.54, 1.807) is 6.07 Å². The van der Waals surface area contributed by atoms with Crippen molar-refractivity contribution in [1.82, 2.24) is 0 Å². The Kier molecular flexibility index (Phi) is 4.06. The highest BCUT2D eigenvalue weighted by molar-refractivity contribution is 14.1. The Balaban J connectivity index is 1.99. The van der Waals surface area contributed by atoms with Crippen LogP contribution in [-0.2, 0) is 13.2 Å². The molecular formula is C13H14INO2. The van der Waals surface area contributed by atoms with Gasteiger partial charge >= 0.3 is 0 Å². The number of aryl methyl sites for hydroxylation is 1. The van der Waals surface area contributed by atoms with Gasteiger partial charge in [-0.05, 0) is 59.3 Å². The van der Waals surface area contributed by atoms with Gasteiger partial charge in [0.05, 0.1) is 6.54 Å². The molecule has 0 saturated carbocycles. The molecule has 1 aromatic carbocycles. The quantitative estimate of drug-likeness (QED) is 0.838. The van der Waals surface area contributed by atoms with Crippen molar-refractivity contribution in [2.24, 2.45) is 0 Å². The molecule has 17 heavy (non-hydrogen) atoms. The number of nitrogens with one attached hydrogen (secondary N) is 1. The van der Waals surface area contributed by atoms with Gasteiger partial charge in [0.2, 0.25) is 0 Å². The molecule has 0 fully saturated rings. The first kappa shape index (κ1) is 12.4. The average Bonchev–Trinajstić information content (AvgIpc) is 2.79. The normalized spacial score (nSPS) is 10.5. The van der Waals surface area contributed by atoms with Gasteiger partial charge in [-0.1, -0.05) is 6.07 Å². The number of rotatable bonds is 4. The molecule has 0 atom stereocenters. The molecule has 1 heterocycles. The van der Waals surface area contributed by atoms with Gasteiger partial charge in [0, 0.05) is 9.26 Å². The minimum atomic E-state index is -0.0531. The number of halogens is 1. The Morgan fingerprint density at radius 2 is 2.00 bits per heavy atom. The van der Waals surface area contributed by atoms with Crippen molar-refractivity contribution < 1.29 is 9.52 Å². The zero-order valence-electron chi connectivity index (χ0n) is 9.53. The fraction of sp³-hybridized carbons (Fsp3) is 0.231. The summed E-state index contributed by atoms with van der Waals surface area (Å²) < 4.78 is 6.63. The van der Waals surface area contributed by atoms with Gasteiger partial charge in [-0.3, -0.25) is 0 Å². The molecular weight excluding hydrogens is 329 g/mol. The maximum absolute atomic E-state index is 8.89. The number of aliphatic hydroxyl groups excluding tert-OH is 1. The van der Waals surface area contributed by atoms with Crippen molar-refractivity contribution in [3.63, 3.8) is 0 Å². The molecule has 1 aromatic heterocycles. The zero-order valence-corrected chi connectivity index (χ0v) is 11.7. The van der Waals surface area contributed by atoms with Crippen LogP contribution in [0, 0.1) is 10.5 Å². The summed E-state index contributed by atoms with van der Waals surface area (Å²) in [5.41, 5.74) is 2.35. The Hall–Kier alpha value is -1.01. The summed E-state index contributed by atoms with van der Waals surface area (Å²) in [5.74, 6) is 1.42. The Bertz CT molecular complexity index is 508. The lowest BCUT2D eigenvalue weighted by Gasteiger charge is -2.06. The van der Waals surface area contributed by atoms with E-state index in [2.05, 4.69) is 47.0 Å². The van der Waals surface area contributed by atoms with Crippen LogP contribution >= 0.6 is 22.6 Å². The molecule has 0 unspecified atom stereocenters. The van der Waals surface area contributed by atoms with Crippen LogP contribution in [0.2, 0.25) is 0 Å². The Labute approximate surface area is 114 Å². The van der Waals surface area contributed by atoms with Crippen LogP contribution in [0.15, 0.2) is 34.7 Å². The molecule has 0 bridgehead atoms. The number of benzene rings is 1. The second-order valence-corrected chi connectivity index (χ2v) is 5.01. The molecule has 2 N–H and O–H groups in total. The van der Waals surface area contributed by atoms with Crippen LogP contribution in [0.25, 0.3) is 0 Å². The number of furan rings is 1. The van der Waals surface area contributed by atoms with Crippen LogP contribution < -0.4 is 5.32 Å². The number of aliphatic hydroxyl groups is 1. The van der Waals surface area contributed by atoms with Gasteiger partial charge in [0.25, 0.3) is 0 Å². The van der Waals surface area contributed by atoms with Gasteiger partial charge in [-0.2, -0.15) is 0 Å². The molecule has 0 spiro atoms. The highest BCUT2D eigenvalue weighted by atomic mass is 127. The minimum absolute atomic E-state index is 0.0531. The maximum atomic E-state index is 8.89. The summed E-state index contributed by atoms with van der Waals surface area (Å²) in [5, 5.41) is 12.2. The van der Waals surface area contributed by atoms with E-state index in [1.807, 2.05) is 12.1 Å². The highest BCUT2D eigenvalue weighted by Gasteiger charge is 2.01. The van der Waals surface area contributed by atoms with Crippen molar-refractivity contribution in [2.75, 3.05) is 5.32 Å². The van der Waals surface area contributed by atoms with Crippen LogP contribution in [0.3, 0.4) is 0 Å². The van der Waals surface area contributed by atoms with Gasteiger partial charge in [-0.25, -0.2) is 0 Å². The predicted octanol–water partition coefficient (Wildman–Crippen LogP) is 3.30. The first-order chi connectivity index (χ1) is 8.19. The fourth-order valence-corrected chi connectivity index (χ4v) is 2.01. The highest BCUT2D eigenvalue weighted by Crippen LogP contribution is 2.18. The van der Waals surface area contributed by atoms with Crippen molar-refractivity contribution in [1.29, 1.82) is 0 Å². The zero-order chi connectivity index (χ0) is 12.3. The second-order valence-electron chi connectivity index (χ2n) is 3.84. The first-order valence-corrected chi connectivity index (χ1v) is 6.45. The van der Waals surface area contributed by atoms with E-state index in [9.17, 15) is 0 Å². The molecule has 0 amide bonds. The molecule has 90 valence electrons. The third kappa shape index (κ3) is 3.23. The lowest BCUT2D eigenvalue weighted by Crippen LogP contribution is -1.98. The number of hydrogen-bond acceptors (Lipinski definition) is 3. The third-order valence-electron chi connectivity index (χ3n) is 2.51. The smallest absolute Gasteiger partial charge is 0.129 e. The molecule has 2 aromatic rings. The summed E-state index contributed by atoms with van der Waals surface area (Å²) in [7, 11) is 0. The summed E-state index contributed by atoms with van der Waals surface area (Å²) in [6.45, 7) is 2.66. The number of anilines is 1. The summed E-state index contributed by atoms with van der Waals surface area (Å²) in [6, 6.07) is 9.90. The molecule has 0 aliphatic rings. The van der Waals surface area contributed by atoms with Crippen molar-refractivity contribution in [2.45, 2.75) is 20.1 Å². The lowest BCUT2D eigenvalue weighted by atomic mass is 10.2. The van der Waals surface area contributed by atoms with Gasteiger partial charge in [0.15, 0.2) is 0 Å². The lowest BCUT2D eigenvalue weighted by molar-refractivity contribution is 0.244. The standard InChI is InChI=1S/C13H14INO2/c1-9-2-3-10(6-13(9)14)15-7-11-4-5-12(8-16)17-11/h2-6,15-16H,7-8H2,1H3. The van der Waals surface area contributed by atoms with E-state index in [1.165, 1.54) is 9.13 Å². The van der Waals surface area contributed by atoms with Crippen molar-refractivity contribution >= 4 is 28.3 Å². The Morgan fingerprint density at radius 1 is 1.24 bits per heavy atom. The van der Waals surface area contributed by atoms with E-state index in [-0.39, 0.29) is 6.61 Å². The predicted molar refractivity (Wildman–Crippen MR) is 75.9 cm³/mol. The minimum Gasteiger partial charge on any atom is -0.462 e. The van der Waals surface area contributed by atoms with E-state index >= 15 is 0 Å². The average molecular weight is 343 g/mol. The van der Waals surface area contributed by atoms with Crippen LogP contribution in [0.5, 0.6) is 0 Å². The van der Waals surface area contributed by atoms with Gasteiger partial charge in [0.1, 0.15) is 18.1 Å². The van der Waals surface area contributed by atoms with Crippen molar-refractivity contribution in [3.8, 4) is 0 Å². The number of hydrogen-bond donors (Lipinski definition) is 2.